The van der Waals surface area contributed by atoms with Gasteiger partial charge < -0.3 is 15.2 Å². The maximum Gasteiger partial charge on any atom is 0.119 e. The molecule has 1 aliphatic rings. The van der Waals surface area contributed by atoms with Gasteiger partial charge in [0.25, 0.3) is 0 Å². The molecule has 2 N–H and O–H groups in total. The summed E-state index contributed by atoms with van der Waals surface area (Å²) in [6.07, 6.45) is 6.88. The third-order valence-electron chi connectivity index (χ3n) is 4.47. The molecule has 1 aromatic rings. The van der Waals surface area contributed by atoms with Gasteiger partial charge in [-0.05, 0) is 43.9 Å². The molecule has 1 fully saturated rings. The highest BCUT2D eigenvalue weighted by atomic mass is 16.5. The number of hydrogen-bond acceptors (Lipinski definition) is 3. The van der Waals surface area contributed by atoms with Crippen LogP contribution < -0.4 is 10.1 Å². The summed E-state index contributed by atoms with van der Waals surface area (Å²) in [5.41, 5.74) is 1.45. The molecule has 118 valence electrons. The standard InChI is InChI=1S/C18H29NO2/c1-3-15-8-7-9-17(12-15)21-14-16(20)13-19-18(2)10-5-4-6-11-18/h7-9,12,16,19-20H,3-6,10-11,13-14H2,1-2H3. The van der Waals surface area contributed by atoms with E-state index in [0.717, 1.165) is 12.2 Å². The second-order valence-electron chi connectivity index (χ2n) is 6.47. The Kier molecular flexibility index (Phi) is 6.07. The van der Waals surface area contributed by atoms with Crippen LogP contribution in [0.1, 0.15) is 51.5 Å². The predicted molar refractivity (Wildman–Crippen MR) is 86.8 cm³/mol. The van der Waals surface area contributed by atoms with Crippen LogP contribution in [0.5, 0.6) is 5.75 Å². The van der Waals surface area contributed by atoms with Gasteiger partial charge in [0.1, 0.15) is 18.5 Å². The zero-order chi connectivity index (χ0) is 15.1. The summed E-state index contributed by atoms with van der Waals surface area (Å²) in [5.74, 6) is 0.845. The van der Waals surface area contributed by atoms with Crippen LogP contribution in [-0.4, -0.2) is 29.9 Å². The van der Waals surface area contributed by atoms with Crippen LogP contribution in [0.4, 0.5) is 0 Å². The average Bonchev–Trinajstić information content (AvgIpc) is 2.52. The number of aliphatic hydroxyl groups excluding tert-OH is 1. The van der Waals surface area contributed by atoms with Crippen LogP contribution in [0.25, 0.3) is 0 Å². The molecule has 0 aliphatic heterocycles. The van der Waals surface area contributed by atoms with E-state index in [0.29, 0.717) is 13.2 Å². The highest BCUT2D eigenvalue weighted by Crippen LogP contribution is 2.27. The number of benzene rings is 1. The fourth-order valence-corrected chi connectivity index (χ4v) is 2.98. The largest absolute Gasteiger partial charge is 0.491 e. The van der Waals surface area contributed by atoms with E-state index in [1.54, 1.807) is 0 Å². The number of β-amino-alcohol motifs (C(OH)–C–C–N with tert-alkyl or cyclic N) is 1. The van der Waals surface area contributed by atoms with Crippen LogP contribution >= 0.6 is 0 Å². The molecule has 0 heterocycles. The molecule has 3 nitrogen and oxygen atoms in total. The summed E-state index contributed by atoms with van der Waals surface area (Å²) in [5, 5.41) is 13.6. The number of aryl methyl sites for hydroxylation is 1. The van der Waals surface area contributed by atoms with Gasteiger partial charge >= 0.3 is 0 Å². The second-order valence-corrected chi connectivity index (χ2v) is 6.47. The zero-order valence-corrected chi connectivity index (χ0v) is 13.4. The first-order valence-electron chi connectivity index (χ1n) is 8.26. The van der Waals surface area contributed by atoms with Crippen molar-refractivity contribution in [1.29, 1.82) is 0 Å². The maximum atomic E-state index is 10.1. The number of nitrogens with one attached hydrogen (secondary N) is 1. The summed E-state index contributed by atoms with van der Waals surface area (Å²) in [4.78, 5) is 0. The first kappa shape index (κ1) is 16.3. The van der Waals surface area contributed by atoms with Crippen molar-refractivity contribution in [3.8, 4) is 5.75 Å². The molecule has 3 heteroatoms. The third kappa shape index (κ3) is 5.33. The number of rotatable bonds is 7. The minimum Gasteiger partial charge on any atom is -0.491 e. The fourth-order valence-electron chi connectivity index (χ4n) is 2.98. The smallest absolute Gasteiger partial charge is 0.119 e. The van der Waals surface area contributed by atoms with Gasteiger partial charge in [0.15, 0.2) is 0 Å². The van der Waals surface area contributed by atoms with E-state index >= 15 is 0 Å². The Bertz CT molecular complexity index is 427. The van der Waals surface area contributed by atoms with Crippen molar-refractivity contribution >= 4 is 0 Å². The lowest BCUT2D eigenvalue weighted by atomic mass is 9.83. The molecule has 1 aliphatic carbocycles. The molecular formula is C18H29NO2. The van der Waals surface area contributed by atoms with Crippen LogP contribution in [0.2, 0.25) is 0 Å². The molecule has 1 aromatic carbocycles. The van der Waals surface area contributed by atoms with Gasteiger partial charge in [-0.2, -0.15) is 0 Å². The van der Waals surface area contributed by atoms with Crippen molar-refractivity contribution in [3.05, 3.63) is 29.8 Å². The fraction of sp³-hybridized carbons (Fsp3) is 0.667. The molecule has 0 saturated heterocycles. The number of aliphatic hydroxyl groups is 1. The molecule has 1 saturated carbocycles. The zero-order valence-electron chi connectivity index (χ0n) is 13.4. The monoisotopic (exact) mass is 291 g/mol. The van der Waals surface area contributed by atoms with Gasteiger partial charge in [0, 0.05) is 12.1 Å². The molecule has 0 amide bonds. The number of ether oxygens (including phenoxy) is 1. The van der Waals surface area contributed by atoms with Gasteiger partial charge in [-0.25, -0.2) is 0 Å². The molecule has 21 heavy (non-hydrogen) atoms. The second kappa shape index (κ2) is 7.81. The summed E-state index contributed by atoms with van der Waals surface area (Å²) < 4.78 is 5.69. The Morgan fingerprint density at radius 2 is 2.05 bits per heavy atom. The lowest BCUT2D eigenvalue weighted by Crippen LogP contribution is -2.48. The van der Waals surface area contributed by atoms with E-state index < -0.39 is 6.10 Å². The normalized spacial score (nSPS) is 19.2. The third-order valence-corrected chi connectivity index (χ3v) is 4.47. The Morgan fingerprint density at radius 1 is 1.29 bits per heavy atom. The van der Waals surface area contributed by atoms with Gasteiger partial charge in [-0.3, -0.25) is 0 Å². The van der Waals surface area contributed by atoms with Crippen LogP contribution in [0.3, 0.4) is 0 Å². The summed E-state index contributed by atoms with van der Waals surface area (Å²) in [6.45, 7) is 5.34. The summed E-state index contributed by atoms with van der Waals surface area (Å²) in [7, 11) is 0. The van der Waals surface area contributed by atoms with E-state index in [1.165, 1.54) is 37.7 Å². The molecule has 0 aromatic heterocycles. The Labute approximate surface area is 128 Å². The van der Waals surface area contributed by atoms with Gasteiger partial charge in [0.2, 0.25) is 0 Å². The van der Waals surface area contributed by atoms with Crippen molar-refractivity contribution in [2.24, 2.45) is 0 Å². The Hall–Kier alpha value is -1.06. The van der Waals surface area contributed by atoms with E-state index in [9.17, 15) is 5.11 Å². The molecule has 1 atom stereocenters. The maximum absolute atomic E-state index is 10.1. The topological polar surface area (TPSA) is 41.5 Å². The SMILES string of the molecule is CCc1cccc(OCC(O)CNC2(C)CCCCC2)c1. The predicted octanol–water partition coefficient (Wildman–Crippen LogP) is 3.30. The molecule has 2 rings (SSSR count). The molecule has 0 bridgehead atoms. The quantitative estimate of drug-likeness (QED) is 0.810. The van der Waals surface area contributed by atoms with Gasteiger partial charge in [0.05, 0.1) is 0 Å². The highest BCUT2D eigenvalue weighted by Gasteiger charge is 2.26. The minimum absolute atomic E-state index is 0.196. The average molecular weight is 291 g/mol. The van der Waals surface area contributed by atoms with Crippen molar-refractivity contribution in [2.45, 2.75) is 64.0 Å². The minimum atomic E-state index is -0.464. The lowest BCUT2D eigenvalue weighted by molar-refractivity contribution is 0.0930. The van der Waals surface area contributed by atoms with E-state index in [-0.39, 0.29) is 5.54 Å². The molecule has 1 unspecified atom stereocenters. The van der Waals surface area contributed by atoms with Crippen LogP contribution in [0, 0.1) is 0 Å². The van der Waals surface area contributed by atoms with E-state index in [4.69, 9.17) is 4.74 Å². The number of hydrogen-bond donors (Lipinski definition) is 2. The van der Waals surface area contributed by atoms with Crippen LogP contribution in [-0.2, 0) is 6.42 Å². The molecule has 0 radical (unpaired) electrons. The van der Waals surface area contributed by atoms with Gasteiger partial charge in [-0.1, -0.05) is 38.3 Å². The van der Waals surface area contributed by atoms with E-state index in [2.05, 4.69) is 25.2 Å². The first-order chi connectivity index (χ1) is 10.1. The Morgan fingerprint density at radius 3 is 2.76 bits per heavy atom. The Balaban J connectivity index is 1.72. The summed E-state index contributed by atoms with van der Waals surface area (Å²) in [6, 6.07) is 8.08. The van der Waals surface area contributed by atoms with Crippen molar-refractivity contribution in [1.82, 2.24) is 5.32 Å². The highest BCUT2D eigenvalue weighted by molar-refractivity contribution is 5.28. The molecular weight excluding hydrogens is 262 g/mol. The summed E-state index contributed by atoms with van der Waals surface area (Å²) >= 11 is 0. The molecule has 0 spiro atoms. The van der Waals surface area contributed by atoms with Crippen molar-refractivity contribution < 1.29 is 9.84 Å². The van der Waals surface area contributed by atoms with E-state index in [1.807, 2.05) is 18.2 Å². The lowest BCUT2D eigenvalue weighted by Gasteiger charge is -2.35. The van der Waals surface area contributed by atoms with Crippen molar-refractivity contribution in [2.75, 3.05) is 13.2 Å². The first-order valence-corrected chi connectivity index (χ1v) is 8.26. The van der Waals surface area contributed by atoms with Gasteiger partial charge in [-0.15, -0.1) is 0 Å². The van der Waals surface area contributed by atoms with Crippen LogP contribution in [0.15, 0.2) is 24.3 Å². The van der Waals surface area contributed by atoms with Crippen molar-refractivity contribution in [3.63, 3.8) is 0 Å².